The smallest absolute Gasteiger partial charge is 0.162 e. The van der Waals surface area contributed by atoms with Crippen molar-refractivity contribution in [1.82, 2.24) is 10.3 Å². The number of hydrogen-bond donors (Lipinski definition) is 1. The lowest BCUT2D eigenvalue weighted by Crippen LogP contribution is -2.53. The standard InChI is InChI=1S/C9H11FN2/c1-7-2-3-8(4-12-7)9(10)5-11-6-9/h2-4,11H,5-6H2,1H3. The zero-order valence-corrected chi connectivity index (χ0v) is 6.97. The summed E-state index contributed by atoms with van der Waals surface area (Å²) >= 11 is 0. The van der Waals surface area contributed by atoms with Crippen molar-refractivity contribution in [2.75, 3.05) is 13.1 Å². The van der Waals surface area contributed by atoms with Gasteiger partial charge in [0, 0.05) is 30.5 Å². The van der Waals surface area contributed by atoms with Crippen molar-refractivity contribution in [3.63, 3.8) is 0 Å². The largest absolute Gasteiger partial charge is 0.310 e. The summed E-state index contributed by atoms with van der Waals surface area (Å²) in [7, 11) is 0. The topological polar surface area (TPSA) is 24.9 Å². The molecule has 0 atom stereocenters. The van der Waals surface area contributed by atoms with Gasteiger partial charge in [0.1, 0.15) is 0 Å². The molecule has 1 fully saturated rings. The predicted molar refractivity (Wildman–Crippen MR) is 44.6 cm³/mol. The van der Waals surface area contributed by atoms with E-state index in [1.165, 1.54) is 0 Å². The van der Waals surface area contributed by atoms with Crippen molar-refractivity contribution in [3.05, 3.63) is 29.6 Å². The van der Waals surface area contributed by atoms with Crippen molar-refractivity contribution >= 4 is 0 Å². The first kappa shape index (κ1) is 7.68. The lowest BCUT2D eigenvalue weighted by Gasteiger charge is -2.34. The average Bonchev–Trinajstić information content (AvgIpc) is 2.02. The Morgan fingerprint density at radius 2 is 2.25 bits per heavy atom. The van der Waals surface area contributed by atoms with Crippen molar-refractivity contribution in [2.24, 2.45) is 0 Å². The van der Waals surface area contributed by atoms with Gasteiger partial charge in [-0.2, -0.15) is 0 Å². The Bertz CT molecular complexity index is 277. The second-order valence-electron chi connectivity index (χ2n) is 3.26. The maximum atomic E-state index is 13.7. The normalized spacial score (nSPS) is 20.2. The van der Waals surface area contributed by atoms with Gasteiger partial charge in [0.05, 0.1) is 0 Å². The third-order valence-corrected chi connectivity index (χ3v) is 2.24. The molecule has 2 nitrogen and oxygen atoms in total. The Kier molecular flexibility index (Phi) is 1.61. The minimum Gasteiger partial charge on any atom is -0.310 e. The summed E-state index contributed by atoms with van der Waals surface area (Å²) in [5.74, 6) is 0. The molecule has 0 amide bonds. The van der Waals surface area contributed by atoms with E-state index in [0.29, 0.717) is 18.7 Å². The molecule has 1 aliphatic rings. The number of aryl methyl sites for hydroxylation is 1. The van der Waals surface area contributed by atoms with Crippen LogP contribution in [0.5, 0.6) is 0 Å². The number of pyridine rings is 1. The van der Waals surface area contributed by atoms with Gasteiger partial charge < -0.3 is 5.32 Å². The molecule has 1 N–H and O–H groups in total. The highest BCUT2D eigenvalue weighted by Gasteiger charge is 2.38. The summed E-state index contributed by atoms with van der Waals surface area (Å²) in [5, 5.41) is 2.91. The van der Waals surface area contributed by atoms with Crippen LogP contribution in [0, 0.1) is 6.92 Å². The number of alkyl halides is 1. The highest BCUT2D eigenvalue weighted by molar-refractivity contribution is 5.24. The van der Waals surface area contributed by atoms with E-state index < -0.39 is 5.67 Å². The van der Waals surface area contributed by atoms with E-state index in [2.05, 4.69) is 10.3 Å². The summed E-state index contributed by atoms with van der Waals surface area (Å²) in [6.07, 6.45) is 1.62. The third kappa shape index (κ3) is 1.10. The molecule has 3 heteroatoms. The van der Waals surface area contributed by atoms with E-state index in [4.69, 9.17) is 0 Å². The van der Waals surface area contributed by atoms with Crippen LogP contribution in [-0.2, 0) is 5.67 Å². The molecule has 0 bridgehead atoms. The molecule has 1 aliphatic heterocycles. The lowest BCUT2D eigenvalue weighted by molar-refractivity contribution is 0.0887. The van der Waals surface area contributed by atoms with Crippen molar-refractivity contribution in [3.8, 4) is 0 Å². The van der Waals surface area contributed by atoms with Gasteiger partial charge >= 0.3 is 0 Å². The number of rotatable bonds is 1. The van der Waals surface area contributed by atoms with Gasteiger partial charge in [0.15, 0.2) is 5.67 Å². The van der Waals surface area contributed by atoms with Gasteiger partial charge in [-0.15, -0.1) is 0 Å². The van der Waals surface area contributed by atoms with E-state index >= 15 is 0 Å². The molecule has 2 heterocycles. The van der Waals surface area contributed by atoms with Gasteiger partial charge in [0.25, 0.3) is 0 Å². The van der Waals surface area contributed by atoms with Crippen molar-refractivity contribution in [1.29, 1.82) is 0 Å². The summed E-state index contributed by atoms with van der Waals surface area (Å²) in [5.41, 5.74) is 0.447. The number of nitrogens with zero attached hydrogens (tertiary/aromatic N) is 1. The van der Waals surface area contributed by atoms with Gasteiger partial charge in [-0.05, 0) is 13.0 Å². The van der Waals surface area contributed by atoms with Crippen LogP contribution >= 0.6 is 0 Å². The highest BCUT2D eigenvalue weighted by Crippen LogP contribution is 2.29. The van der Waals surface area contributed by atoms with Crippen LogP contribution in [0.3, 0.4) is 0 Å². The molecule has 1 aromatic rings. The van der Waals surface area contributed by atoms with E-state index in [-0.39, 0.29) is 0 Å². The van der Waals surface area contributed by atoms with E-state index in [9.17, 15) is 4.39 Å². The number of hydrogen-bond acceptors (Lipinski definition) is 2. The molecule has 0 radical (unpaired) electrons. The SMILES string of the molecule is Cc1ccc(C2(F)CNC2)cn1. The Hall–Kier alpha value is -0.960. The molecule has 1 aromatic heterocycles. The Balaban J connectivity index is 2.28. The summed E-state index contributed by atoms with van der Waals surface area (Å²) in [6, 6.07) is 3.65. The van der Waals surface area contributed by atoms with Crippen molar-refractivity contribution < 1.29 is 4.39 Å². The first-order valence-corrected chi connectivity index (χ1v) is 4.03. The fourth-order valence-corrected chi connectivity index (χ4v) is 1.28. The molecule has 1 saturated heterocycles. The lowest BCUT2D eigenvalue weighted by atomic mass is 9.91. The van der Waals surface area contributed by atoms with Crippen LogP contribution in [0.25, 0.3) is 0 Å². The Morgan fingerprint density at radius 3 is 2.67 bits per heavy atom. The van der Waals surface area contributed by atoms with Crippen LogP contribution < -0.4 is 5.32 Å². The number of aromatic nitrogens is 1. The van der Waals surface area contributed by atoms with Crippen LogP contribution in [0.1, 0.15) is 11.3 Å². The van der Waals surface area contributed by atoms with Gasteiger partial charge in [-0.1, -0.05) is 6.07 Å². The van der Waals surface area contributed by atoms with Crippen LogP contribution in [-0.4, -0.2) is 18.1 Å². The molecule has 0 spiro atoms. The number of halogens is 1. The van der Waals surface area contributed by atoms with Gasteiger partial charge in [0.2, 0.25) is 0 Å². The zero-order chi connectivity index (χ0) is 8.60. The second kappa shape index (κ2) is 2.52. The van der Waals surface area contributed by atoms with Crippen molar-refractivity contribution in [2.45, 2.75) is 12.6 Å². The molecule has 0 unspecified atom stereocenters. The summed E-state index contributed by atoms with van der Waals surface area (Å²) < 4.78 is 13.7. The molecule has 12 heavy (non-hydrogen) atoms. The van der Waals surface area contributed by atoms with Crippen LogP contribution in [0.2, 0.25) is 0 Å². The third-order valence-electron chi connectivity index (χ3n) is 2.24. The summed E-state index contributed by atoms with van der Waals surface area (Å²) in [6.45, 7) is 2.73. The minimum absolute atomic E-state index is 0.414. The monoisotopic (exact) mass is 166 g/mol. The fraction of sp³-hybridized carbons (Fsp3) is 0.444. The Morgan fingerprint density at radius 1 is 1.50 bits per heavy atom. The first-order chi connectivity index (χ1) is 5.71. The zero-order valence-electron chi connectivity index (χ0n) is 6.97. The maximum Gasteiger partial charge on any atom is 0.162 e. The number of nitrogens with one attached hydrogen (secondary N) is 1. The van der Waals surface area contributed by atoms with E-state index in [0.717, 1.165) is 5.69 Å². The van der Waals surface area contributed by atoms with E-state index in [1.54, 1.807) is 6.20 Å². The molecular formula is C9H11FN2. The van der Waals surface area contributed by atoms with Crippen LogP contribution in [0.4, 0.5) is 4.39 Å². The minimum atomic E-state index is -1.17. The van der Waals surface area contributed by atoms with Gasteiger partial charge in [-0.25, -0.2) is 4.39 Å². The van der Waals surface area contributed by atoms with Crippen LogP contribution in [0.15, 0.2) is 18.3 Å². The average molecular weight is 166 g/mol. The molecule has 0 aromatic carbocycles. The first-order valence-electron chi connectivity index (χ1n) is 4.03. The van der Waals surface area contributed by atoms with E-state index in [1.807, 2.05) is 19.1 Å². The molecule has 0 saturated carbocycles. The quantitative estimate of drug-likeness (QED) is 0.677. The molecule has 0 aliphatic carbocycles. The summed E-state index contributed by atoms with van der Waals surface area (Å²) in [4.78, 5) is 4.06. The maximum absolute atomic E-state index is 13.7. The predicted octanol–water partition coefficient (Wildman–Crippen LogP) is 1.16. The fourth-order valence-electron chi connectivity index (χ4n) is 1.28. The second-order valence-corrected chi connectivity index (χ2v) is 3.26. The molecular weight excluding hydrogens is 155 g/mol. The Labute approximate surface area is 70.8 Å². The molecule has 64 valence electrons. The van der Waals surface area contributed by atoms with Gasteiger partial charge in [-0.3, -0.25) is 4.98 Å². The molecule has 2 rings (SSSR count). The highest BCUT2D eigenvalue weighted by atomic mass is 19.1.